The van der Waals surface area contributed by atoms with E-state index in [9.17, 15) is 9.59 Å². The molecule has 0 radical (unpaired) electrons. The van der Waals surface area contributed by atoms with Crippen LogP contribution in [0.2, 0.25) is 0 Å². The number of piperazine rings is 2. The summed E-state index contributed by atoms with van der Waals surface area (Å²) in [5.74, 6) is 2.64. The third-order valence-electron chi connectivity index (χ3n) is 12.8. The summed E-state index contributed by atoms with van der Waals surface area (Å²) in [5, 5.41) is 4.91. The predicted octanol–water partition coefficient (Wildman–Crippen LogP) is 2.92. The molecular formula is C56H80ClN11O7. The third-order valence-corrected chi connectivity index (χ3v) is 12.8. The van der Waals surface area contributed by atoms with E-state index in [0.717, 1.165) is 103 Å². The van der Waals surface area contributed by atoms with Crippen molar-refractivity contribution >= 4 is 23.4 Å². The van der Waals surface area contributed by atoms with Crippen LogP contribution in [0, 0.1) is 0 Å². The zero-order chi connectivity index (χ0) is 52.7. The van der Waals surface area contributed by atoms with E-state index < -0.39 is 5.97 Å². The molecule has 1 amide bonds. The van der Waals surface area contributed by atoms with Gasteiger partial charge >= 0.3 is 5.97 Å². The first-order valence-electron chi connectivity index (χ1n) is 25.0. The van der Waals surface area contributed by atoms with E-state index in [4.69, 9.17) is 29.4 Å². The van der Waals surface area contributed by atoms with Gasteiger partial charge in [-0.2, -0.15) is 4.98 Å². The standard InChI is InChI=1S/C28H35N5O3.C20H19N3O4.C8H19N3.ClH.3H2/c1-32-13-15-33(16-14-32)12-6-11-29-28(34)24-18-21(9-10-27(24)36-3)17-22-19-25(31-20-30-22)23-7-4-5-8-26(23)35-2;1-25-17-7-5-4-6-14(17)16-11-19(22-12-21-16)23-13-8-9-18(26-2)15(10-13)20(24)27-3;1-10-5-7-11(8-6-10)4-2-3-9;;;;/h4-5,7-10,18-20H,6,11-17H2,1-3H3,(H,29,34);4-12H,1-3H3,(H,21,22,23);2-9H2,1H3;4*1H. The molecule has 2 aliphatic heterocycles. The fourth-order valence-corrected chi connectivity index (χ4v) is 8.52. The van der Waals surface area contributed by atoms with E-state index in [-0.39, 0.29) is 22.6 Å². The Kier molecular flexibility index (Phi) is 24.6. The fraction of sp³-hybridized carbons (Fsp3) is 0.393. The number of amides is 1. The number of methoxy groups -OCH3 is 5. The molecule has 75 heavy (non-hydrogen) atoms. The molecule has 0 aliphatic carbocycles. The van der Waals surface area contributed by atoms with Crippen LogP contribution < -0.4 is 47.7 Å². The summed E-state index contributed by atoms with van der Waals surface area (Å²) in [6.07, 6.45) is 5.69. The van der Waals surface area contributed by atoms with Crippen LogP contribution in [-0.4, -0.2) is 180 Å². The zero-order valence-corrected chi connectivity index (χ0v) is 45.2. The van der Waals surface area contributed by atoms with Gasteiger partial charge < -0.3 is 66.7 Å². The molecule has 6 aromatic rings. The Bertz CT molecular complexity index is 2720. The Morgan fingerprint density at radius 2 is 1.15 bits per heavy atom. The molecule has 408 valence electrons. The first-order valence-corrected chi connectivity index (χ1v) is 25.0. The molecule has 0 spiro atoms. The zero-order valence-electron chi connectivity index (χ0n) is 44.5. The molecular weight excluding hydrogens is 974 g/mol. The number of esters is 1. The van der Waals surface area contributed by atoms with Gasteiger partial charge in [0, 0.05) is 105 Å². The summed E-state index contributed by atoms with van der Waals surface area (Å²) in [7, 11) is 12.0. The number of likely N-dealkylation sites (N-methyl/N-ethyl adjacent to an activating group) is 2. The Hall–Kier alpha value is -6.77. The SMILES string of the molecule is CN1CCN(CCCN)CC1.COC(=O)c1cc([NH2+]c2cc(-c3ccccc3OC)ncn2)ccc1OC.COc1ccc(Cc2cc(-c3ccccc3OC)ncn2)cc1C(=O)NCCCN1CCN(C)CC1.[Cl-].[HH].[HH].[HH]. The topological polar surface area (TPSA) is 199 Å². The van der Waals surface area contributed by atoms with Gasteiger partial charge in [0.05, 0.1) is 52.5 Å². The Morgan fingerprint density at radius 3 is 1.72 bits per heavy atom. The molecule has 2 fully saturated rings. The Balaban J connectivity index is 0.000000437. The van der Waals surface area contributed by atoms with E-state index >= 15 is 0 Å². The number of hydrogen-bond donors (Lipinski definition) is 3. The number of ether oxygens (including phenoxy) is 5. The molecule has 0 unspecified atom stereocenters. The van der Waals surface area contributed by atoms with Crippen LogP contribution in [-0.2, 0) is 11.2 Å². The van der Waals surface area contributed by atoms with Crippen molar-refractivity contribution in [3.63, 3.8) is 0 Å². The van der Waals surface area contributed by atoms with Crippen molar-refractivity contribution in [1.29, 1.82) is 0 Å². The van der Waals surface area contributed by atoms with Gasteiger partial charge in [0.25, 0.3) is 5.91 Å². The average Bonchev–Trinajstić information content (AvgIpc) is 3.44. The van der Waals surface area contributed by atoms with Gasteiger partial charge in [0.1, 0.15) is 46.9 Å². The summed E-state index contributed by atoms with van der Waals surface area (Å²) < 4.78 is 26.4. The maximum absolute atomic E-state index is 13.0. The lowest BCUT2D eigenvalue weighted by Crippen LogP contribution is -3.00. The molecule has 18 nitrogen and oxygen atoms in total. The van der Waals surface area contributed by atoms with Gasteiger partial charge in [0.15, 0.2) is 0 Å². The lowest BCUT2D eigenvalue weighted by Gasteiger charge is -2.32. The van der Waals surface area contributed by atoms with Crippen LogP contribution in [0.1, 0.15) is 49.1 Å². The summed E-state index contributed by atoms with van der Waals surface area (Å²) in [4.78, 5) is 52.1. The number of hydrogen-bond acceptors (Lipinski definition) is 16. The molecule has 0 bridgehead atoms. The van der Waals surface area contributed by atoms with Gasteiger partial charge in [-0.15, -0.1) is 0 Å². The monoisotopic (exact) mass is 1050 g/mol. The minimum Gasteiger partial charge on any atom is -1.00 e. The number of halogens is 1. The highest BCUT2D eigenvalue weighted by Crippen LogP contribution is 2.30. The predicted molar refractivity (Wildman–Crippen MR) is 294 cm³/mol. The number of nitrogens with one attached hydrogen (secondary N) is 1. The van der Waals surface area contributed by atoms with Gasteiger partial charge in [-0.1, -0.05) is 30.3 Å². The lowest BCUT2D eigenvalue weighted by molar-refractivity contribution is -0.483. The summed E-state index contributed by atoms with van der Waals surface area (Å²) >= 11 is 0. The second-order valence-corrected chi connectivity index (χ2v) is 18.0. The van der Waals surface area contributed by atoms with Crippen LogP contribution in [0.4, 0.5) is 11.5 Å². The molecule has 2 aromatic heterocycles. The Morgan fingerprint density at radius 1 is 0.613 bits per heavy atom. The highest BCUT2D eigenvalue weighted by molar-refractivity contribution is 5.97. The highest BCUT2D eigenvalue weighted by Gasteiger charge is 2.19. The van der Waals surface area contributed by atoms with Crippen LogP contribution >= 0.6 is 0 Å². The Labute approximate surface area is 452 Å². The molecule has 2 saturated heterocycles. The van der Waals surface area contributed by atoms with Crippen LogP contribution in [0.3, 0.4) is 0 Å². The second kappa shape index (κ2) is 31.2. The van der Waals surface area contributed by atoms with E-state index in [0.29, 0.717) is 41.4 Å². The van der Waals surface area contributed by atoms with Crippen molar-refractivity contribution in [2.24, 2.45) is 5.73 Å². The molecule has 4 heterocycles. The van der Waals surface area contributed by atoms with Crippen molar-refractivity contribution in [1.82, 2.24) is 44.9 Å². The maximum atomic E-state index is 13.0. The number of benzene rings is 4. The highest BCUT2D eigenvalue weighted by atomic mass is 35.5. The molecule has 2 aliphatic rings. The first kappa shape index (κ1) is 59.1. The number of nitrogens with zero attached hydrogens (tertiary/aromatic N) is 8. The van der Waals surface area contributed by atoms with E-state index in [1.54, 1.807) is 39.8 Å². The summed E-state index contributed by atoms with van der Waals surface area (Å²) in [6, 6.07) is 30.2. The first-order chi connectivity index (χ1) is 36.0. The lowest BCUT2D eigenvalue weighted by atomic mass is 10.0. The molecule has 0 atom stereocenters. The minimum absolute atomic E-state index is 0. The number of aromatic nitrogens is 4. The van der Waals surface area contributed by atoms with E-state index in [1.165, 1.54) is 53.3 Å². The molecule has 5 N–H and O–H groups in total. The molecule has 8 rings (SSSR count). The second-order valence-electron chi connectivity index (χ2n) is 18.0. The quantitative estimate of drug-likeness (QED) is 0.0608. The van der Waals surface area contributed by atoms with Crippen LogP contribution in [0.5, 0.6) is 23.0 Å². The largest absolute Gasteiger partial charge is 1.00 e. The minimum atomic E-state index is -0.459. The molecule has 4 aromatic carbocycles. The maximum Gasteiger partial charge on any atom is 0.341 e. The van der Waals surface area contributed by atoms with Crippen molar-refractivity contribution in [3.8, 4) is 45.5 Å². The fourth-order valence-electron chi connectivity index (χ4n) is 8.52. The molecule has 0 saturated carbocycles. The third kappa shape index (κ3) is 18.0. The number of nitrogens with two attached hydrogens (primary N) is 2. The number of rotatable bonds is 19. The van der Waals surface area contributed by atoms with Gasteiger partial charge in [0.2, 0.25) is 5.82 Å². The average molecular weight is 1050 g/mol. The summed E-state index contributed by atoms with van der Waals surface area (Å²) in [5.41, 5.74) is 12.3. The van der Waals surface area contributed by atoms with Crippen molar-refractivity contribution < 1.29 is 55.3 Å². The van der Waals surface area contributed by atoms with Gasteiger partial charge in [-0.3, -0.25) is 10.1 Å². The normalized spacial score (nSPS) is 13.9. The van der Waals surface area contributed by atoms with Crippen molar-refractivity contribution in [2.45, 2.75) is 19.3 Å². The van der Waals surface area contributed by atoms with E-state index in [1.807, 2.05) is 90.2 Å². The van der Waals surface area contributed by atoms with Gasteiger partial charge in [-0.25, -0.2) is 19.7 Å². The summed E-state index contributed by atoms with van der Waals surface area (Å²) in [6.45, 7) is 12.9. The van der Waals surface area contributed by atoms with Crippen molar-refractivity contribution in [3.05, 3.63) is 132 Å². The van der Waals surface area contributed by atoms with E-state index in [2.05, 4.69) is 58.9 Å². The molecule has 19 heteroatoms. The van der Waals surface area contributed by atoms with Crippen LogP contribution in [0.25, 0.3) is 22.5 Å². The van der Waals surface area contributed by atoms with Crippen LogP contribution in [0.15, 0.2) is 110 Å². The number of carbonyl (C=O) groups is 2. The number of quaternary nitrogens is 1. The smallest absolute Gasteiger partial charge is 0.341 e. The number of para-hydroxylation sites is 2. The van der Waals surface area contributed by atoms with Crippen molar-refractivity contribution in [2.75, 3.05) is 128 Å². The van der Waals surface area contributed by atoms with Gasteiger partial charge in [-0.05, 0) is 101 Å². The number of carbonyl (C=O) groups excluding carboxylic acids is 2.